The van der Waals surface area contributed by atoms with Crippen LogP contribution in [0.4, 0.5) is 0 Å². The number of thioether (sulfide) groups is 1. The second-order valence-electron chi connectivity index (χ2n) is 5.69. The Morgan fingerprint density at radius 2 is 2.05 bits per heavy atom. The van der Waals surface area contributed by atoms with E-state index in [-0.39, 0.29) is 17.5 Å². The van der Waals surface area contributed by atoms with Crippen LogP contribution in [0.25, 0.3) is 0 Å². The van der Waals surface area contributed by atoms with Crippen molar-refractivity contribution in [2.24, 2.45) is 11.7 Å². The summed E-state index contributed by atoms with van der Waals surface area (Å²) < 4.78 is 22.3. The van der Waals surface area contributed by atoms with E-state index >= 15 is 0 Å². The second kappa shape index (κ2) is 6.13. The monoisotopic (exact) mass is 336 g/mol. The van der Waals surface area contributed by atoms with E-state index in [9.17, 15) is 23.1 Å². The first kappa shape index (κ1) is 16.6. The molecule has 9 heteroatoms. The van der Waals surface area contributed by atoms with E-state index in [2.05, 4.69) is 0 Å². The maximum absolute atomic E-state index is 12.4. The van der Waals surface area contributed by atoms with Crippen LogP contribution in [0.5, 0.6) is 0 Å². The summed E-state index contributed by atoms with van der Waals surface area (Å²) in [5, 5.41) is 9.11. The number of rotatable bonds is 6. The Balaban J connectivity index is 2.07. The van der Waals surface area contributed by atoms with Crippen molar-refractivity contribution in [3.05, 3.63) is 0 Å². The zero-order chi connectivity index (χ0) is 15.8. The third kappa shape index (κ3) is 4.10. The van der Waals surface area contributed by atoms with Crippen LogP contribution in [-0.2, 0) is 19.4 Å². The summed E-state index contributed by atoms with van der Waals surface area (Å²) in [5.41, 5.74) is 5.79. The van der Waals surface area contributed by atoms with Gasteiger partial charge in [0.1, 0.15) is 15.9 Å². The maximum Gasteiger partial charge on any atom is 0.327 e. The Morgan fingerprint density at radius 1 is 1.43 bits per heavy atom. The lowest BCUT2D eigenvalue weighted by atomic mass is 10.1. The van der Waals surface area contributed by atoms with E-state index in [0.717, 1.165) is 19.1 Å². The Hall–Kier alpha value is -0.800. The Labute approximate surface area is 128 Å². The Kier molecular flexibility index (Phi) is 4.84. The maximum atomic E-state index is 12.4. The van der Waals surface area contributed by atoms with Gasteiger partial charge in [-0.25, -0.2) is 13.2 Å². The predicted molar refractivity (Wildman–Crippen MR) is 79.5 cm³/mol. The largest absolute Gasteiger partial charge is 0.480 e. The number of aliphatic carboxylic acids is 1. The van der Waals surface area contributed by atoms with Gasteiger partial charge in [0, 0.05) is 12.0 Å². The number of amides is 1. The number of carboxylic acid groups (broad SMARTS) is 1. The highest BCUT2D eigenvalue weighted by atomic mass is 32.2. The minimum atomic E-state index is -3.20. The molecule has 2 fully saturated rings. The molecule has 2 aliphatic rings. The summed E-state index contributed by atoms with van der Waals surface area (Å²) in [6, 6.07) is -1.83. The summed E-state index contributed by atoms with van der Waals surface area (Å²) >= 11 is 1.48. The van der Waals surface area contributed by atoms with Crippen LogP contribution in [0.1, 0.15) is 19.3 Å². The third-order valence-electron chi connectivity index (χ3n) is 3.72. The summed E-state index contributed by atoms with van der Waals surface area (Å²) in [4.78, 5) is 25.1. The van der Waals surface area contributed by atoms with Gasteiger partial charge in [-0.15, -0.1) is 11.8 Å². The molecule has 0 aromatic rings. The van der Waals surface area contributed by atoms with Crippen LogP contribution in [0.3, 0.4) is 0 Å². The first-order valence-electron chi connectivity index (χ1n) is 6.80. The average Bonchev–Trinajstić information content (AvgIpc) is 3.12. The van der Waals surface area contributed by atoms with Crippen LogP contribution in [0.2, 0.25) is 0 Å². The molecule has 0 spiro atoms. The van der Waals surface area contributed by atoms with Gasteiger partial charge in [0.2, 0.25) is 5.91 Å². The first-order valence-corrected chi connectivity index (χ1v) is 9.91. The van der Waals surface area contributed by atoms with Crippen LogP contribution in [-0.4, -0.2) is 65.5 Å². The van der Waals surface area contributed by atoms with Crippen molar-refractivity contribution in [1.29, 1.82) is 0 Å². The Bertz CT molecular complexity index is 532. The molecule has 0 aromatic heterocycles. The van der Waals surface area contributed by atoms with Crippen molar-refractivity contribution in [2.75, 3.05) is 17.8 Å². The smallest absolute Gasteiger partial charge is 0.327 e. The summed E-state index contributed by atoms with van der Waals surface area (Å²) in [6.07, 6.45) is 3.09. The van der Waals surface area contributed by atoms with E-state index < -0.39 is 33.8 Å². The fourth-order valence-corrected chi connectivity index (χ4v) is 4.72. The molecule has 1 amide bonds. The van der Waals surface area contributed by atoms with Gasteiger partial charge in [-0.05, 0) is 25.2 Å². The van der Waals surface area contributed by atoms with E-state index in [1.807, 2.05) is 0 Å². The molecule has 120 valence electrons. The van der Waals surface area contributed by atoms with Crippen molar-refractivity contribution in [2.45, 2.75) is 36.7 Å². The lowest BCUT2D eigenvalue weighted by molar-refractivity contribution is -0.149. The van der Waals surface area contributed by atoms with Gasteiger partial charge in [-0.2, -0.15) is 0 Å². The van der Waals surface area contributed by atoms with Crippen molar-refractivity contribution < 1.29 is 23.1 Å². The van der Waals surface area contributed by atoms with Crippen LogP contribution >= 0.6 is 11.8 Å². The molecule has 3 unspecified atom stereocenters. The number of nitrogens with two attached hydrogens (primary N) is 1. The summed E-state index contributed by atoms with van der Waals surface area (Å²) in [6.45, 7) is 0. The minimum Gasteiger partial charge on any atom is -0.480 e. The SMILES string of the molecule is CS(=O)(=O)CCC(N)C(=O)N1C(C(=O)O)CSC1C1CC1. The average molecular weight is 336 g/mol. The standard InChI is InChI=1S/C12H20N2O5S2/c1-21(18,19)5-4-8(13)10(15)14-9(12(16)17)6-20-11(14)7-2-3-7/h7-9,11H,2-6,13H2,1H3,(H,16,17). The lowest BCUT2D eigenvalue weighted by Crippen LogP contribution is -2.52. The number of carbonyl (C=O) groups is 2. The van der Waals surface area contributed by atoms with Gasteiger partial charge in [-0.3, -0.25) is 4.79 Å². The zero-order valence-corrected chi connectivity index (χ0v) is 13.4. The molecule has 3 N–H and O–H groups in total. The molecule has 1 aliphatic carbocycles. The van der Waals surface area contributed by atoms with Gasteiger partial charge < -0.3 is 15.7 Å². The molecule has 2 rings (SSSR count). The van der Waals surface area contributed by atoms with Gasteiger partial charge in [0.05, 0.1) is 17.2 Å². The van der Waals surface area contributed by atoms with Crippen LogP contribution in [0, 0.1) is 5.92 Å². The molecule has 0 aromatic carbocycles. The highest BCUT2D eigenvalue weighted by molar-refractivity contribution is 8.00. The molecular formula is C12H20N2O5S2. The lowest BCUT2D eigenvalue weighted by Gasteiger charge is -2.29. The number of nitrogens with zero attached hydrogens (tertiary/aromatic N) is 1. The fraction of sp³-hybridized carbons (Fsp3) is 0.833. The third-order valence-corrected chi connectivity index (χ3v) is 6.16. The van der Waals surface area contributed by atoms with Crippen molar-refractivity contribution in [3.8, 4) is 0 Å². The van der Waals surface area contributed by atoms with Gasteiger partial charge in [0.15, 0.2) is 0 Å². The van der Waals surface area contributed by atoms with Gasteiger partial charge in [-0.1, -0.05) is 0 Å². The number of carboxylic acids is 1. The van der Waals surface area contributed by atoms with Crippen molar-refractivity contribution in [3.63, 3.8) is 0 Å². The second-order valence-corrected chi connectivity index (χ2v) is 9.10. The zero-order valence-electron chi connectivity index (χ0n) is 11.8. The van der Waals surface area contributed by atoms with E-state index in [0.29, 0.717) is 11.7 Å². The minimum absolute atomic E-state index is 0.0164. The molecule has 0 bridgehead atoms. The summed E-state index contributed by atoms with van der Waals surface area (Å²) in [7, 11) is -3.20. The fourth-order valence-electron chi connectivity index (χ4n) is 2.40. The van der Waals surface area contributed by atoms with E-state index in [4.69, 9.17) is 5.73 Å². The van der Waals surface area contributed by atoms with Gasteiger partial charge in [0.25, 0.3) is 0 Å². The van der Waals surface area contributed by atoms with E-state index in [1.54, 1.807) is 0 Å². The quantitative estimate of drug-likeness (QED) is 0.672. The molecule has 0 radical (unpaired) electrons. The molecule has 1 saturated carbocycles. The van der Waals surface area contributed by atoms with Crippen molar-refractivity contribution >= 4 is 33.5 Å². The topological polar surface area (TPSA) is 118 Å². The molecular weight excluding hydrogens is 316 g/mol. The molecule has 1 saturated heterocycles. The highest BCUT2D eigenvalue weighted by Crippen LogP contribution is 2.45. The number of hydrogen-bond donors (Lipinski definition) is 2. The number of hydrogen-bond acceptors (Lipinski definition) is 6. The molecule has 1 heterocycles. The molecule has 3 atom stereocenters. The first-order chi connectivity index (χ1) is 9.70. The Morgan fingerprint density at radius 3 is 2.52 bits per heavy atom. The molecule has 7 nitrogen and oxygen atoms in total. The number of carbonyl (C=O) groups excluding carboxylic acids is 1. The van der Waals surface area contributed by atoms with Crippen LogP contribution < -0.4 is 5.73 Å². The predicted octanol–water partition coefficient (Wildman–Crippen LogP) is -0.487. The normalized spacial score (nSPS) is 27.6. The molecule has 1 aliphatic heterocycles. The highest BCUT2D eigenvalue weighted by Gasteiger charge is 2.48. The van der Waals surface area contributed by atoms with Crippen LogP contribution in [0.15, 0.2) is 0 Å². The van der Waals surface area contributed by atoms with Crippen molar-refractivity contribution in [1.82, 2.24) is 4.90 Å². The molecule has 21 heavy (non-hydrogen) atoms. The summed E-state index contributed by atoms with van der Waals surface area (Å²) in [5.74, 6) is -0.957. The number of sulfone groups is 1. The van der Waals surface area contributed by atoms with Gasteiger partial charge >= 0.3 is 5.97 Å². The van der Waals surface area contributed by atoms with E-state index in [1.165, 1.54) is 16.7 Å².